The van der Waals surface area contributed by atoms with E-state index in [4.69, 9.17) is 4.52 Å². The van der Waals surface area contributed by atoms with E-state index >= 15 is 0 Å². The van der Waals surface area contributed by atoms with Crippen molar-refractivity contribution in [1.29, 1.82) is 0 Å². The highest BCUT2D eigenvalue weighted by Crippen LogP contribution is 2.08. The molecule has 418 valence electrons. The van der Waals surface area contributed by atoms with Crippen molar-refractivity contribution in [3.05, 3.63) is 189 Å². The van der Waals surface area contributed by atoms with Gasteiger partial charge in [0.15, 0.2) is 0 Å². The van der Waals surface area contributed by atoms with E-state index in [-0.39, 0.29) is 0 Å². The maximum atomic E-state index is 4.71. The summed E-state index contributed by atoms with van der Waals surface area (Å²) in [4.78, 5) is 17.0. The van der Waals surface area contributed by atoms with Crippen LogP contribution in [0, 0.1) is 96.9 Å². The minimum absolute atomic E-state index is 0.833. The molecule has 0 fully saturated rings. The zero-order valence-corrected chi connectivity index (χ0v) is 50.4. The van der Waals surface area contributed by atoms with Crippen LogP contribution in [0.5, 0.6) is 0 Å². The van der Waals surface area contributed by atoms with E-state index in [0.717, 1.165) is 39.2 Å². The Morgan fingerprint density at radius 2 is 1.00 bits per heavy atom. The zero-order valence-electron chi connectivity index (χ0n) is 49.6. The second-order valence-electron chi connectivity index (χ2n) is 17.4. The number of imidazole rings is 2. The summed E-state index contributed by atoms with van der Waals surface area (Å²) in [7, 11) is 15.5. The highest BCUT2D eigenvalue weighted by Gasteiger charge is 1.93. The van der Waals surface area contributed by atoms with E-state index in [1.54, 1.807) is 65.3 Å². The van der Waals surface area contributed by atoms with Gasteiger partial charge in [-0.2, -0.15) is 15.3 Å². The van der Waals surface area contributed by atoms with Gasteiger partial charge in [-0.1, -0.05) is 10.3 Å². The number of hydrogen-bond donors (Lipinski definition) is 0. The first-order valence-corrected chi connectivity index (χ1v) is 25.2. The molecule has 22 nitrogen and oxygen atoms in total. The molecule has 0 N–H and O–H groups in total. The molecule has 0 unspecified atom stereocenters. The summed E-state index contributed by atoms with van der Waals surface area (Å²) >= 11 is 1.73. The maximum Gasteiger partial charge on any atom is 0.147 e. The monoisotopic (exact) mass is 1080 g/mol. The average molecular weight is 1080 g/mol. The van der Waals surface area contributed by atoms with E-state index in [1.807, 2.05) is 199 Å². The highest BCUT2D eigenvalue weighted by molar-refractivity contribution is 7.11. The first kappa shape index (κ1) is 66.7. The molecular formula is C54H84N20O2S. The molecule has 77 heavy (non-hydrogen) atoms. The fourth-order valence-electron chi connectivity index (χ4n) is 4.60. The molecule has 11 aromatic rings. The molecule has 23 heteroatoms. The van der Waals surface area contributed by atoms with Crippen LogP contribution in [0.2, 0.25) is 0 Å². The molecule has 0 saturated carbocycles. The number of nitrogens with zero attached hydrogens (tertiary/aromatic N) is 20. The standard InChI is InChI=1S/2C6H9N.4C5H8N2.2C5H7NO.C5H7NS.C4H7N3.C3H6N4/c2*1-6-4-3-5-7(6)2;2*1-5-3-6-4-7(5)2;2*1-5-3-4-6-7(5)2;1-4-3-7-6-5(4)2;1-4-3-6-7-5(4)2;1-4-3-6-5(2)7-4;1-4-5-3-6-7(4)2;1-3-4-5-6-7(3)2/h2*3-5H,1-2H3;4*3-4H,1-2H3;4*3H,1-2H3;1-2H3. The SMILES string of the molecule is Cc1cccn1C.Cc1cccn1C.Cc1ccnn1C.Cc1ccnn1C.Cc1cnc(C)s1.Cc1cncn1C.Cc1cncn1C.Cc1cnoc1C.Cc1conc1C.Cc1ncnn1C.Cc1nnnn1C. The second-order valence-corrected chi connectivity index (χ2v) is 18.9. The molecule has 11 rings (SSSR count). The Bertz CT molecular complexity index is 2360. The summed E-state index contributed by atoms with van der Waals surface area (Å²) < 4.78 is 24.4. The molecule has 0 aliphatic carbocycles. The quantitative estimate of drug-likeness (QED) is 0.138. The van der Waals surface area contributed by atoms with Gasteiger partial charge in [0.1, 0.15) is 30.0 Å². The van der Waals surface area contributed by atoms with Gasteiger partial charge in [0.05, 0.1) is 29.6 Å². The normalized spacial score (nSPS) is 9.43. The van der Waals surface area contributed by atoms with Crippen molar-refractivity contribution in [2.24, 2.45) is 56.4 Å². The van der Waals surface area contributed by atoms with Gasteiger partial charge in [-0.05, 0) is 144 Å². The van der Waals surface area contributed by atoms with Crippen molar-refractivity contribution < 1.29 is 9.05 Å². The molecule has 0 bridgehead atoms. The Hall–Kier alpha value is -8.34. The number of aromatic nitrogens is 20. The van der Waals surface area contributed by atoms with Crippen molar-refractivity contribution in [2.45, 2.75) is 96.9 Å². The number of thiazole rings is 1. The van der Waals surface area contributed by atoms with E-state index < -0.39 is 0 Å². The van der Waals surface area contributed by atoms with Gasteiger partial charge in [0, 0.05) is 150 Å². The fraction of sp³-hybridized carbons (Fsp3) is 0.407. The Labute approximate surface area is 459 Å². The number of aryl methyl sites for hydroxylation is 22. The van der Waals surface area contributed by atoms with Crippen molar-refractivity contribution in [3.63, 3.8) is 0 Å². The molecule has 0 aliphatic rings. The summed E-state index contributed by atoms with van der Waals surface area (Å²) in [6.45, 7) is 27.8. The molecule has 0 saturated heterocycles. The predicted octanol–water partition coefficient (Wildman–Crippen LogP) is 9.57. The Balaban J connectivity index is 0.000000423. The third-order valence-corrected chi connectivity index (χ3v) is 12.0. The van der Waals surface area contributed by atoms with Crippen molar-refractivity contribution in [3.8, 4) is 0 Å². The Morgan fingerprint density at radius 3 is 1.10 bits per heavy atom. The van der Waals surface area contributed by atoms with Crippen LogP contribution in [0.25, 0.3) is 0 Å². The summed E-state index contributed by atoms with van der Waals surface area (Å²) in [6.07, 6.45) is 21.7. The predicted molar refractivity (Wildman–Crippen MR) is 305 cm³/mol. The topological polar surface area (TPSA) is 220 Å². The Kier molecular flexibility index (Phi) is 31.7. The van der Waals surface area contributed by atoms with E-state index in [2.05, 4.69) is 108 Å². The van der Waals surface area contributed by atoms with E-state index in [9.17, 15) is 0 Å². The first-order chi connectivity index (χ1) is 36.3. The van der Waals surface area contributed by atoms with Gasteiger partial charge >= 0.3 is 0 Å². The molecule has 0 atom stereocenters. The minimum atomic E-state index is 0.833. The van der Waals surface area contributed by atoms with E-state index in [1.165, 1.54) is 45.4 Å². The van der Waals surface area contributed by atoms with Gasteiger partial charge in [-0.25, -0.2) is 24.6 Å². The maximum absolute atomic E-state index is 4.71. The molecule has 0 aliphatic heterocycles. The lowest BCUT2D eigenvalue weighted by atomic mass is 10.3. The van der Waals surface area contributed by atoms with Gasteiger partial charge in [0.2, 0.25) is 0 Å². The highest BCUT2D eigenvalue weighted by atomic mass is 32.1. The van der Waals surface area contributed by atoms with Crippen molar-refractivity contribution >= 4 is 11.3 Å². The molecule has 11 heterocycles. The third kappa shape index (κ3) is 28.8. The van der Waals surface area contributed by atoms with Crippen LogP contribution in [0.1, 0.15) is 78.3 Å². The Morgan fingerprint density at radius 1 is 0.481 bits per heavy atom. The summed E-state index contributed by atoms with van der Waals surface area (Å²) in [5.74, 6) is 2.68. The van der Waals surface area contributed by atoms with Crippen LogP contribution < -0.4 is 0 Å². The molecule has 11 aromatic heterocycles. The van der Waals surface area contributed by atoms with Gasteiger partial charge in [0.25, 0.3) is 0 Å². The average Bonchev–Trinajstić information content (AvgIpc) is 4.26. The lowest BCUT2D eigenvalue weighted by Crippen LogP contribution is -1.92. The lowest BCUT2D eigenvalue weighted by Gasteiger charge is -1.89. The van der Waals surface area contributed by atoms with Gasteiger partial charge in [-0.3, -0.25) is 14.0 Å². The van der Waals surface area contributed by atoms with Crippen LogP contribution >= 0.6 is 11.3 Å². The second kappa shape index (κ2) is 36.6. The smallest absolute Gasteiger partial charge is 0.147 e. The zero-order chi connectivity index (χ0) is 58.0. The van der Waals surface area contributed by atoms with Gasteiger partial charge < -0.3 is 27.3 Å². The van der Waals surface area contributed by atoms with Crippen molar-refractivity contribution in [1.82, 2.24) is 98.1 Å². The van der Waals surface area contributed by atoms with Gasteiger partial charge in [-0.15, -0.1) is 16.4 Å². The molecule has 0 aromatic carbocycles. The molecule has 0 spiro atoms. The van der Waals surface area contributed by atoms with Crippen LogP contribution in [-0.2, 0) is 56.4 Å². The summed E-state index contributed by atoms with van der Waals surface area (Å²) in [5, 5.41) is 30.6. The molecular weight excluding hydrogens is 993 g/mol. The van der Waals surface area contributed by atoms with Crippen LogP contribution in [-0.4, -0.2) is 98.1 Å². The summed E-state index contributed by atoms with van der Waals surface area (Å²) in [5.41, 5.74) is 10.6. The lowest BCUT2D eigenvalue weighted by molar-refractivity contribution is 0.396. The number of tetrazole rings is 1. The first-order valence-electron chi connectivity index (χ1n) is 24.4. The van der Waals surface area contributed by atoms with Crippen LogP contribution in [0.4, 0.5) is 0 Å². The fourth-order valence-corrected chi connectivity index (χ4v) is 5.28. The summed E-state index contributed by atoms with van der Waals surface area (Å²) in [6, 6.07) is 12.2. The minimum Gasteiger partial charge on any atom is -0.364 e. The number of hydrogen-bond acceptors (Lipinski definition) is 15. The number of rotatable bonds is 0. The van der Waals surface area contributed by atoms with Crippen LogP contribution in [0.15, 0.2) is 120 Å². The van der Waals surface area contributed by atoms with E-state index in [0.29, 0.717) is 0 Å². The largest absolute Gasteiger partial charge is 0.364 e. The van der Waals surface area contributed by atoms with Crippen molar-refractivity contribution in [2.75, 3.05) is 0 Å². The molecule has 0 radical (unpaired) electrons. The third-order valence-electron chi connectivity index (χ3n) is 11.1. The molecule has 0 amide bonds. The van der Waals surface area contributed by atoms with Crippen LogP contribution in [0.3, 0.4) is 0 Å².